The van der Waals surface area contributed by atoms with Crippen LogP contribution in [0.5, 0.6) is 5.75 Å². The second kappa shape index (κ2) is 11.9. The first-order valence-corrected chi connectivity index (χ1v) is 12.0. The van der Waals surface area contributed by atoms with Gasteiger partial charge in [-0.05, 0) is 42.3 Å². The summed E-state index contributed by atoms with van der Waals surface area (Å²) in [6.07, 6.45) is 4.19. The van der Waals surface area contributed by atoms with Gasteiger partial charge < -0.3 is 24.2 Å². The average Bonchev–Trinajstić information content (AvgIpc) is 3.44. The number of benzene rings is 3. The number of anilines is 1. The molecule has 4 aromatic rings. The van der Waals surface area contributed by atoms with Gasteiger partial charge in [0.05, 0.1) is 19.5 Å². The van der Waals surface area contributed by atoms with E-state index in [-0.39, 0.29) is 18.5 Å². The summed E-state index contributed by atoms with van der Waals surface area (Å²) in [4.78, 5) is 32.9. The highest BCUT2D eigenvalue weighted by atomic mass is 16.5. The molecule has 8 heteroatoms. The first kappa shape index (κ1) is 25.5. The molecule has 0 saturated carbocycles. The summed E-state index contributed by atoms with van der Waals surface area (Å²) >= 11 is 0. The van der Waals surface area contributed by atoms with Gasteiger partial charge in [0.1, 0.15) is 25.0 Å². The molecule has 0 spiro atoms. The Kier molecular flexibility index (Phi) is 8.20. The number of hydrogen-bond donors (Lipinski definition) is 1. The van der Waals surface area contributed by atoms with Crippen molar-refractivity contribution in [2.75, 3.05) is 18.6 Å². The van der Waals surface area contributed by atoms with Crippen LogP contribution in [0.1, 0.15) is 24.1 Å². The fourth-order valence-electron chi connectivity index (χ4n) is 4.47. The van der Waals surface area contributed by atoms with Crippen molar-refractivity contribution in [3.8, 4) is 5.75 Å². The molecule has 0 aliphatic carbocycles. The molecule has 0 saturated heterocycles. The maximum absolute atomic E-state index is 13.5. The van der Waals surface area contributed by atoms with E-state index in [1.807, 2.05) is 91.9 Å². The van der Waals surface area contributed by atoms with Gasteiger partial charge in [-0.3, -0.25) is 9.59 Å². The highest BCUT2D eigenvalue weighted by molar-refractivity contribution is 5.82. The van der Waals surface area contributed by atoms with Crippen LogP contribution in [-0.4, -0.2) is 51.3 Å². The summed E-state index contributed by atoms with van der Waals surface area (Å²) < 4.78 is 7.00. The molecule has 1 unspecified atom stereocenters. The zero-order chi connectivity index (χ0) is 26.2. The Morgan fingerprint density at radius 1 is 0.946 bits per heavy atom. The van der Waals surface area contributed by atoms with Crippen molar-refractivity contribution in [1.82, 2.24) is 14.5 Å². The lowest BCUT2D eigenvalue weighted by Crippen LogP contribution is -2.53. The van der Waals surface area contributed by atoms with Crippen LogP contribution < -0.4 is 9.64 Å². The van der Waals surface area contributed by atoms with Crippen LogP contribution in [0, 0.1) is 0 Å². The number of amides is 1. The quantitative estimate of drug-likeness (QED) is 0.308. The first-order chi connectivity index (χ1) is 18.0. The fourth-order valence-corrected chi connectivity index (χ4v) is 4.47. The number of carbonyl (C=O) groups excluding carboxylic acids is 1. The van der Waals surface area contributed by atoms with Crippen LogP contribution in [-0.2, 0) is 16.1 Å². The Hall–Kier alpha value is -4.59. The van der Waals surface area contributed by atoms with Crippen molar-refractivity contribution in [2.24, 2.45) is 0 Å². The largest absolute Gasteiger partial charge is 0.497 e. The Balaban J connectivity index is 1.84. The lowest BCUT2D eigenvalue weighted by atomic mass is 9.95. The van der Waals surface area contributed by atoms with Crippen molar-refractivity contribution in [3.63, 3.8) is 0 Å². The van der Waals surface area contributed by atoms with E-state index in [1.54, 1.807) is 30.4 Å². The number of hydrogen-bond acceptors (Lipinski definition) is 5. The Morgan fingerprint density at radius 2 is 1.54 bits per heavy atom. The molecule has 0 bridgehead atoms. The Labute approximate surface area is 216 Å². The van der Waals surface area contributed by atoms with Gasteiger partial charge in [-0.15, -0.1) is 0 Å². The molecule has 37 heavy (non-hydrogen) atoms. The number of aromatic nitrogens is 2. The molecule has 0 aliphatic rings. The number of nitrogens with zero attached hydrogens (tertiary/aromatic N) is 4. The van der Waals surface area contributed by atoms with Crippen LogP contribution in [0.25, 0.3) is 0 Å². The van der Waals surface area contributed by atoms with E-state index in [0.29, 0.717) is 5.75 Å². The monoisotopic (exact) mass is 498 g/mol. The van der Waals surface area contributed by atoms with Gasteiger partial charge in [0.15, 0.2) is 0 Å². The Morgan fingerprint density at radius 3 is 2.03 bits per heavy atom. The third-order valence-corrected chi connectivity index (χ3v) is 6.24. The molecule has 1 heterocycles. The highest BCUT2D eigenvalue weighted by Crippen LogP contribution is 2.36. The van der Waals surface area contributed by atoms with Gasteiger partial charge in [-0.1, -0.05) is 60.7 Å². The lowest BCUT2D eigenvalue weighted by molar-refractivity contribution is -0.146. The molecule has 0 aliphatic heterocycles. The molecule has 190 valence electrons. The van der Waals surface area contributed by atoms with Crippen LogP contribution in [0.3, 0.4) is 0 Å². The molecule has 0 radical (unpaired) electrons. The number of carboxylic acid groups (broad SMARTS) is 1. The zero-order valence-corrected chi connectivity index (χ0v) is 20.8. The van der Waals surface area contributed by atoms with E-state index < -0.39 is 18.7 Å². The molecule has 1 amide bonds. The topological polar surface area (TPSA) is 87.9 Å². The smallest absolute Gasteiger partial charge is 0.323 e. The molecule has 8 nitrogen and oxygen atoms in total. The number of ether oxygens (including phenoxy) is 1. The van der Waals surface area contributed by atoms with Crippen molar-refractivity contribution in [3.05, 3.63) is 115 Å². The summed E-state index contributed by atoms with van der Waals surface area (Å²) in [5, 5.41) is 9.75. The minimum Gasteiger partial charge on any atom is -0.497 e. The van der Waals surface area contributed by atoms with Gasteiger partial charge in [-0.25, -0.2) is 4.98 Å². The van der Waals surface area contributed by atoms with Gasteiger partial charge >= 0.3 is 5.97 Å². The van der Waals surface area contributed by atoms with Crippen molar-refractivity contribution < 1.29 is 19.4 Å². The van der Waals surface area contributed by atoms with E-state index in [4.69, 9.17) is 4.74 Å². The third-order valence-electron chi connectivity index (χ3n) is 6.24. The van der Waals surface area contributed by atoms with E-state index in [9.17, 15) is 14.7 Å². The Bertz CT molecular complexity index is 1240. The van der Waals surface area contributed by atoms with E-state index >= 15 is 0 Å². The van der Waals surface area contributed by atoms with Crippen LogP contribution >= 0.6 is 0 Å². The molecular weight excluding hydrogens is 468 g/mol. The van der Waals surface area contributed by atoms with Crippen LogP contribution in [0.4, 0.5) is 5.69 Å². The van der Waals surface area contributed by atoms with Crippen LogP contribution in [0.2, 0.25) is 0 Å². The second-order valence-electron chi connectivity index (χ2n) is 8.61. The second-order valence-corrected chi connectivity index (χ2v) is 8.61. The molecule has 1 N–H and O–H groups in total. The van der Waals surface area contributed by atoms with E-state index in [2.05, 4.69) is 9.88 Å². The molecular formula is C29H30N4O4. The summed E-state index contributed by atoms with van der Waals surface area (Å²) in [7, 11) is 1.61. The SMILES string of the molecule is COc1ccc(N(C(c2ccccc2)c2ccccc2)C(C)N(CC(=O)O)C(=O)Cn2ccnc2)cc1. The maximum Gasteiger partial charge on any atom is 0.323 e. The van der Waals surface area contributed by atoms with Gasteiger partial charge in [-0.2, -0.15) is 0 Å². The summed E-state index contributed by atoms with van der Waals surface area (Å²) in [6, 6.07) is 27.2. The number of aliphatic carboxylic acids is 1. The fraction of sp³-hybridized carbons (Fsp3) is 0.207. The van der Waals surface area contributed by atoms with Crippen molar-refractivity contribution >= 4 is 17.6 Å². The summed E-state index contributed by atoms with van der Waals surface area (Å²) in [5.74, 6) is -0.714. The minimum absolute atomic E-state index is 0.0184. The minimum atomic E-state index is -1.09. The number of rotatable bonds is 11. The summed E-state index contributed by atoms with van der Waals surface area (Å²) in [6.45, 7) is 1.39. The lowest BCUT2D eigenvalue weighted by Gasteiger charge is -2.43. The van der Waals surface area contributed by atoms with Gasteiger partial charge in [0.2, 0.25) is 5.91 Å². The molecule has 1 aromatic heterocycles. The number of imidazole rings is 1. The highest BCUT2D eigenvalue weighted by Gasteiger charge is 2.33. The molecule has 3 aromatic carbocycles. The predicted molar refractivity (Wildman–Crippen MR) is 141 cm³/mol. The standard InChI is InChI=1S/C29H30N4O4/c1-22(32(20-28(35)36)27(34)19-31-18-17-30-21-31)33(25-13-15-26(37-2)16-14-25)29(23-9-5-3-6-10-23)24-11-7-4-8-12-24/h3-18,21-22,29H,19-20H2,1-2H3,(H,35,36). The number of carbonyl (C=O) groups is 2. The predicted octanol–water partition coefficient (Wildman–Crippen LogP) is 4.45. The average molecular weight is 499 g/mol. The molecule has 1 atom stereocenters. The van der Waals surface area contributed by atoms with Crippen molar-refractivity contribution in [1.29, 1.82) is 0 Å². The molecule has 0 fully saturated rings. The first-order valence-electron chi connectivity index (χ1n) is 12.0. The number of methoxy groups -OCH3 is 1. The summed E-state index contributed by atoms with van der Waals surface area (Å²) in [5.41, 5.74) is 2.83. The maximum atomic E-state index is 13.5. The number of carboxylic acids is 1. The third kappa shape index (κ3) is 6.16. The zero-order valence-electron chi connectivity index (χ0n) is 20.8. The molecule has 4 rings (SSSR count). The van der Waals surface area contributed by atoms with Gasteiger partial charge in [0.25, 0.3) is 0 Å². The normalized spacial score (nSPS) is 11.6. The van der Waals surface area contributed by atoms with E-state index in [1.165, 1.54) is 4.90 Å². The van der Waals surface area contributed by atoms with Crippen molar-refractivity contribution in [2.45, 2.75) is 25.7 Å². The van der Waals surface area contributed by atoms with Gasteiger partial charge in [0, 0.05) is 18.1 Å². The van der Waals surface area contributed by atoms with E-state index in [0.717, 1.165) is 16.8 Å². The van der Waals surface area contributed by atoms with Crippen LogP contribution in [0.15, 0.2) is 104 Å².